The van der Waals surface area contributed by atoms with Crippen LogP contribution in [0.4, 0.5) is 0 Å². The van der Waals surface area contributed by atoms with E-state index in [1.165, 1.54) is 50.5 Å². The highest BCUT2D eigenvalue weighted by Crippen LogP contribution is 2.22. The quantitative estimate of drug-likeness (QED) is 0.517. The summed E-state index contributed by atoms with van der Waals surface area (Å²) in [6.07, 6.45) is 14.7. The first kappa shape index (κ1) is 12.5. The topological polar surface area (TPSA) is 20.2 Å². The van der Waals surface area contributed by atoms with Crippen molar-refractivity contribution in [3.05, 3.63) is 24.3 Å². The Kier molecular flexibility index (Phi) is 6.42. The molecule has 0 spiro atoms. The van der Waals surface area contributed by atoms with Gasteiger partial charge in [0, 0.05) is 0 Å². The summed E-state index contributed by atoms with van der Waals surface area (Å²) in [5.41, 5.74) is 1.48. The standard InChI is InChI=1S/C14H24O/c1-2-3-4-5-6-9-13-10-7-8-11-14(15)12-13/h2,12,14-15H,1,3-11H2. The van der Waals surface area contributed by atoms with Gasteiger partial charge in [-0.15, -0.1) is 6.58 Å². The number of rotatable bonds is 6. The molecule has 0 radical (unpaired) electrons. The molecule has 0 aromatic heterocycles. The number of aliphatic hydroxyl groups excluding tert-OH is 1. The summed E-state index contributed by atoms with van der Waals surface area (Å²) in [4.78, 5) is 0. The highest BCUT2D eigenvalue weighted by Gasteiger charge is 2.08. The van der Waals surface area contributed by atoms with Crippen LogP contribution in [0.2, 0.25) is 0 Å². The van der Waals surface area contributed by atoms with E-state index in [0.717, 1.165) is 12.8 Å². The Hall–Kier alpha value is -0.560. The fourth-order valence-corrected chi connectivity index (χ4v) is 2.17. The van der Waals surface area contributed by atoms with Crippen molar-refractivity contribution in [1.82, 2.24) is 0 Å². The molecule has 1 nitrogen and oxygen atoms in total. The van der Waals surface area contributed by atoms with E-state index in [2.05, 4.69) is 12.7 Å². The van der Waals surface area contributed by atoms with E-state index in [4.69, 9.17) is 0 Å². The Bertz CT molecular complexity index is 205. The van der Waals surface area contributed by atoms with E-state index in [-0.39, 0.29) is 6.10 Å². The molecular formula is C14H24O. The number of hydrogen-bond donors (Lipinski definition) is 1. The summed E-state index contributed by atoms with van der Waals surface area (Å²) in [6.45, 7) is 3.73. The van der Waals surface area contributed by atoms with Crippen molar-refractivity contribution in [2.24, 2.45) is 0 Å². The van der Waals surface area contributed by atoms with Gasteiger partial charge in [-0.1, -0.05) is 30.6 Å². The lowest BCUT2D eigenvalue weighted by Gasteiger charge is -2.05. The van der Waals surface area contributed by atoms with Crippen molar-refractivity contribution in [3.63, 3.8) is 0 Å². The molecule has 1 rings (SSSR count). The Balaban J connectivity index is 2.15. The van der Waals surface area contributed by atoms with Crippen LogP contribution >= 0.6 is 0 Å². The average molecular weight is 208 g/mol. The molecule has 0 amide bonds. The van der Waals surface area contributed by atoms with Crippen LogP contribution in [0.3, 0.4) is 0 Å². The van der Waals surface area contributed by atoms with Gasteiger partial charge in [-0.25, -0.2) is 0 Å². The van der Waals surface area contributed by atoms with E-state index < -0.39 is 0 Å². The molecule has 0 saturated heterocycles. The third-order valence-corrected chi connectivity index (χ3v) is 3.08. The molecule has 1 heteroatoms. The van der Waals surface area contributed by atoms with E-state index in [9.17, 15) is 5.11 Å². The number of allylic oxidation sites excluding steroid dienone is 2. The molecule has 0 fully saturated rings. The van der Waals surface area contributed by atoms with Gasteiger partial charge < -0.3 is 5.11 Å². The van der Waals surface area contributed by atoms with Crippen molar-refractivity contribution in [3.8, 4) is 0 Å². The first-order valence-corrected chi connectivity index (χ1v) is 6.31. The molecule has 0 aromatic rings. The van der Waals surface area contributed by atoms with Crippen molar-refractivity contribution in [2.75, 3.05) is 0 Å². The summed E-state index contributed by atoms with van der Waals surface area (Å²) in [7, 11) is 0. The smallest absolute Gasteiger partial charge is 0.0723 e. The molecule has 1 N–H and O–H groups in total. The molecule has 0 aromatic carbocycles. The van der Waals surface area contributed by atoms with Crippen LogP contribution in [0.1, 0.15) is 57.8 Å². The summed E-state index contributed by atoms with van der Waals surface area (Å²) in [5.74, 6) is 0. The third-order valence-electron chi connectivity index (χ3n) is 3.08. The van der Waals surface area contributed by atoms with Gasteiger partial charge in [0.2, 0.25) is 0 Å². The molecule has 0 bridgehead atoms. The molecule has 86 valence electrons. The minimum Gasteiger partial charge on any atom is -0.389 e. The van der Waals surface area contributed by atoms with E-state index in [1.54, 1.807) is 0 Å². The first-order valence-electron chi connectivity index (χ1n) is 6.31. The van der Waals surface area contributed by atoms with Crippen LogP contribution in [0.15, 0.2) is 24.3 Å². The van der Waals surface area contributed by atoms with Gasteiger partial charge in [0.05, 0.1) is 6.10 Å². The van der Waals surface area contributed by atoms with Crippen LogP contribution in [-0.2, 0) is 0 Å². The van der Waals surface area contributed by atoms with Crippen molar-refractivity contribution in [2.45, 2.75) is 63.9 Å². The maximum absolute atomic E-state index is 9.61. The van der Waals surface area contributed by atoms with Gasteiger partial charge in [-0.2, -0.15) is 0 Å². The van der Waals surface area contributed by atoms with Crippen molar-refractivity contribution in [1.29, 1.82) is 0 Å². The highest BCUT2D eigenvalue weighted by atomic mass is 16.3. The fraction of sp³-hybridized carbons (Fsp3) is 0.714. The monoisotopic (exact) mass is 208 g/mol. The van der Waals surface area contributed by atoms with Crippen LogP contribution in [0.25, 0.3) is 0 Å². The Morgan fingerprint density at radius 1 is 1.33 bits per heavy atom. The summed E-state index contributed by atoms with van der Waals surface area (Å²) in [5, 5.41) is 9.61. The lowest BCUT2D eigenvalue weighted by molar-refractivity contribution is 0.211. The largest absolute Gasteiger partial charge is 0.389 e. The van der Waals surface area contributed by atoms with Gasteiger partial charge in [-0.3, -0.25) is 0 Å². The van der Waals surface area contributed by atoms with Crippen LogP contribution in [0, 0.1) is 0 Å². The SMILES string of the molecule is C=CCCCCCC1=CC(O)CCCC1. The molecule has 1 aliphatic rings. The van der Waals surface area contributed by atoms with Gasteiger partial charge in [0.15, 0.2) is 0 Å². The zero-order valence-corrected chi connectivity index (χ0v) is 9.75. The summed E-state index contributed by atoms with van der Waals surface area (Å²) >= 11 is 0. The highest BCUT2D eigenvalue weighted by molar-refractivity contribution is 5.06. The molecule has 0 aliphatic heterocycles. The average Bonchev–Trinajstić information content (AvgIpc) is 2.43. The number of hydrogen-bond acceptors (Lipinski definition) is 1. The van der Waals surface area contributed by atoms with Crippen LogP contribution < -0.4 is 0 Å². The number of aliphatic hydroxyl groups is 1. The zero-order chi connectivity index (χ0) is 10.9. The molecule has 0 heterocycles. The van der Waals surface area contributed by atoms with Gasteiger partial charge in [-0.05, 0) is 44.9 Å². The fourth-order valence-electron chi connectivity index (χ4n) is 2.17. The minimum atomic E-state index is -0.171. The molecule has 1 aliphatic carbocycles. The zero-order valence-electron chi connectivity index (χ0n) is 9.75. The van der Waals surface area contributed by atoms with Gasteiger partial charge >= 0.3 is 0 Å². The van der Waals surface area contributed by atoms with Crippen molar-refractivity contribution >= 4 is 0 Å². The normalized spacial score (nSPS) is 21.9. The second-order valence-electron chi connectivity index (χ2n) is 4.53. The maximum Gasteiger partial charge on any atom is 0.0723 e. The van der Waals surface area contributed by atoms with Crippen LogP contribution in [0.5, 0.6) is 0 Å². The molecule has 1 unspecified atom stereocenters. The Labute approximate surface area is 93.9 Å². The lowest BCUT2D eigenvalue weighted by atomic mass is 10.0. The van der Waals surface area contributed by atoms with Gasteiger partial charge in [0.1, 0.15) is 0 Å². The third kappa shape index (κ3) is 5.78. The van der Waals surface area contributed by atoms with E-state index in [0.29, 0.717) is 0 Å². The van der Waals surface area contributed by atoms with Crippen LogP contribution in [-0.4, -0.2) is 11.2 Å². The maximum atomic E-state index is 9.61. The van der Waals surface area contributed by atoms with Gasteiger partial charge in [0.25, 0.3) is 0 Å². The summed E-state index contributed by atoms with van der Waals surface area (Å²) in [6, 6.07) is 0. The van der Waals surface area contributed by atoms with Crippen molar-refractivity contribution < 1.29 is 5.11 Å². The Morgan fingerprint density at radius 2 is 2.20 bits per heavy atom. The van der Waals surface area contributed by atoms with E-state index in [1.807, 2.05) is 6.08 Å². The minimum absolute atomic E-state index is 0.171. The molecule has 1 atom stereocenters. The second kappa shape index (κ2) is 7.70. The molecular weight excluding hydrogens is 184 g/mol. The second-order valence-corrected chi connectivity index (χ2v) is 4.53. The molecule has 0 saturated carbocycles. The predicted molar refractivity (Wildman–Crippen MR) is 65.8 cm³/mol. The van der Waals surface area contributed by atoms with E-state index >= 15 is 0 Å². The lowest BCUT2D eigenvalue weighted by Crippen LogP contribution is -2.00. The first-order chi connectivity index (χ1) is 7.33. The predicted octanol–water partition coefficient (Wildman–Crippen LogP) is 3.98. The number of unbranched alkanes of at least 4 members (excludes halogenated alkanes) is 3. The Morgan fingerprint density at radius 3 is 3.00 bits per heavy atom. The summed E-state index contributed by atoms with van der Waals surface area (Å²) < 4.78 is 0. The molecule has 15 heavy (non-hydrogen) atoms.